The van der Waals surface area contributed by atoms with E-state index in [0.717, 1.165) is 0 Å². The van der Waals surface area contributed by atoms with Crippen LogP contribution in [0.3, 0.4) is 0 Å². The van der Waals surface area contributed by atoms with Crippen LogP contribution in [-0.2, 0) is 19.1 Å². The fourth-order valence-electron chi connectivity index (χ4n) is 1.76. The lowest BCUT2D eigenvalue weighted by Gasteiger charge is -2.32. The molecule has 0 rings (SSSR count). The van der Waals surface area contributed by atoms with Crippen LogP contribution in [0.4, 0.5) is 13.2 Å². The van der Waals surface area contributed by atoms with Gasteiger partial charge in [-0.15, -0.1) is 0 Å². The van der Waals surface area contributed by atoms with E-state index in [2.05, 4.69) is 4.74 Å². The fourth-order valence-corrected chi connectivity index (χ4v) is 7.34. The molecule has 1 unspecified atom stereocenters. The highest BCUT2D eigenvalue weighted by atomic mass is 28.3. The van der Waals surface area contributed by atoms with Crippen molar-refractivity contribution in [3.63, 3.8) is 0 Å². The molecule has 0 aliphatic rings. The number of hydrogen-bond donors (Lipinski definition) is 0. The summed E-state index contributed by atoms with van der Waals surface area (Å²) >= 11 is 0. The molecule has 0 saturated heterocycles. The Kier molecular flexibility index (Phi) is 5.93. The minimum atomic E-state index is -5.25. The van der Waals surface area contributed by atoms with Crippen molar-refractivity contribution in [3.8, 4) is 0 Å². The molecular formula is C12H19F3O4Si2. The first-order valence-corrected chi connectivity index (χ1v) is 13.3. The Morgan fingerprint density at radius 3 is 1.71 bits per heavy atom. The molecule has 120 valence electrons. The summed E-state index contributed by atoms with van der Waals surface area (Å²) in [5, 5.41) is 0.154. The fraction of sp³-hybridized carbons (Fsp3) is 0.667. The molecule has 0 saturated carbocycles. The zero-order valence-corrected chi connectivity index (χ0v) is 14.8. The molecule has 0 fully saturated rings. The largest absolute Gasteiger partial charge is 0.491 e. The van der Waals surface area contributed by atoms with Gasteiger partial charge in [-0.1, -0.05) is 39.3 Å². The van der Waals surface area contributed by atoms with Gasteiger partial charge in [-0.2, -0.15) is 13.2 Å². The highest BCUT2D eigenvalue weighted by Crippen LogP contribution is 2.35. The van der Waals surface area contributed by atoms with E-state index in [4.69, 9.17) is 0 Å². The molecule has 0 aromatic carbocycles. The Bertz CT molecular complexity index is 480. The lowest BCUT2D eigenvalue weighted by Crippen LogP contribution is -2.44. The molecule has 0 radical (unpaired) electrons. The van der Waals surface area contributed by atoms with Crippen LogP contribution in [0.5, 0.6) is 0 Å². The van der Waals surface area contributed by atoms with Crippen molar-refractivity contribution in [3.05, 3.63) is 5.20 Å². The van der Waals surface area contributed by atoms with Gasteiger partial charge in [-0.05, 0) is 0 Å². The molecule has 1 atom stereocenters. The maximum Gasteiger partial charge on any atom is 0.491 e. The van der Waals surface area contributed by atoms with Crippen LogP contribution in [0.15, 0.2) is 5.20 Å². The topological polar surface area (TPSA) is 60.4 Å². The molecule has 4 nitrogen and oxygen atoms in total. The van der Waals surface area contributed by atoms with Crippen molar-refractivity contribution < 1.29 is 32.3 Å². The molecule has 0 spiro atoms. The van der Waals surface area contributed by atoms with Gasteiger partial charge in [0.25, 0.3) is 0 Å². The van der Waals surface area contributed by atoms with Crippen LogP contribution in [0.25, 0.3) is 0 Å². The third-order valence-electron chi connectivity index (χ3n) is 2.73. The second-order valence-electron chi connectivity index (χ2n) is 6.77. The summed E-state index contributed by atoms with van der Waals surface area (Å²) in [4.78, 5) is 34.0. The number of rotatable bonds is 4. The van der Waals surface area contributed by atoms with Gasteiger partial charge in [0.1, 0.15) is 5.94 Å². The second-order valence-corrected chi connectivity index (χ2v) is 17.1. The van der Waals surface area contributed by atoms with Crippen molar-refractivity contribution in [1.82, 2.24) is 0 Å². The summed E-state index contributed by atoms with van der Waals surface area (Å²) in [6.45, 7) is 10.5. The standard InChI is InChI=1S/C12H19F3O4Si2/c1-20(2,3)8(7-16)9(21(4,5)6)10(17)19-11(18)12(13,14)15/h9H,1-6H3. The van der Waals surface area contributed by atoms with Gasteiger partial charge in [-0.3, -0.25) is 4.79 Å². The Hall–Kier alpha value is -1.19. The first-order valence-electron chi connectivity index (χ1n) is 6.20. The molecule has 0 bridgehead atoms. The van der Waals surface area contributed by atoms with Crippen molar-refractivity contribution >= 4 is 34.0 Å². The monoisotopic (exact) mass is 340 g/mol. The number of esters is 2. The van der Waals surface area contributed by atoms with Gasteiger partial charge >= 0.3 is 18.1 Å². The SMILES string of the molecule is C[Si](C)(C)C(=C=O)C(C(=O)OC(=O)C(F)(F)F)[Si](C)(C)C. The molecule has 21 heavy (non-hydrogen) atoms. The maximum atomic E-state index is 12.2. The van der Waals surface area contributed by atoms with E-state index in [9.17, 15) is 27.6 Å². The van der Waals surface area contributed by atoms with E-state index in [1.54, 1.807) is 45.2 Å². The number of alkyl halides is 3. The molecule has 0 amide bonds. The van der Waals surface area contributed by atoms with Crippen molar-refractivity contribution in [2.45, 2.75) is 51.0 Å². The van der Waals surface area contributed by atoms with E-state index in [0.29, 0.717) is 0 Å². The van der Waals surface area contributed by atoms with Crippen LogP contribution in [0.2, 0.25) is 44.8 Å². The van der Waals surface area contributed by atoms with Gasteiger partial charge in [0.2, 0.25) is 0 Å². The Morgan fingerprint density at radius 2 is 1.48 bits per heavy atom. The van der Waals surface area contributed by atoms with Crippen molar-refractivity contribution in [2.24, 2.45) is 0 Å². The molecule has 0 heterocycles. The average molecular weight is 340 g/mol. The molecular weight excluding hydrogens is 321 g/mol. The molecule has 9 heteroatoms. The third kappa shape index (κ3) is 5.60. The Morgan fingerprint density at radius 1 is 1.05 bits per heavy atom. The zero-order valence-electron chi connectivity index (χ0n) is 12.8. The minimum Gasteiger partial charge on any atom is -0.386 e. The highest BCUT2D eigenvalue weighted by molar-refractivity contribution is 6.90. The number of carbonyl (C=O) groups is 2. The van der Waals surface area contributed by atoms with E-state index in [1.165, 1.54) is 0 Å². The van der Waals surface area contributed by atoms with Crippen molar-refractivity contribution in [2.75, 3.05) is 0 Å². The van der Waals surface area contributed by atoms with Crippen molar-refractivity contribution in [1.29, 1.82) is 0 Å². The maximum absolute atomic E-state index is 12.2. The van der Waals surface area contributed by atoms with E-state index in [-0.39, 0.29) is 5.20 Å². The smallest absolute Gasteiger partial charge is 0.386 e. The van der Waals surface area contributed by atoms with Gasteiger partial charge in [0, 0.05) is 5.20 Å². The van der Waals surface area contributed by atoms with Crippen LogP contribution >= 0.6 is 0 Å². The van der Waals surface area contributed by atoms with E-state index in [1.807, 2.05) is 0 Å². The van der Waals surface area contributed by atoms with Crippen LogP contribution in [0.1, 0.15) is 0 Å². The molecule has 0 aromatic rings. The zero-order chi connectivity index (χ0) is 17.2. The summed E-state index contributed by atoms with van der Waals surface area (Å²) < 4.78 is 40.5. The number of carbonyl (C=O) groups excluding carboxylic acids is 3. The van der Waals surface area contributed by atoms with Gasteiger partial charge in [0.15, 0.2) is 0 Å². The number of ether oxygens (including phenoxy) is 1. The Labute approximate surface area is 123 Å². The molecule has 0 aliphatic carbocycles. The minimum absolute atomic E-state index is 0.154. The average Bonchev–Trinajstić information content (AvgIpc) is 2.20. The Balaban J connectivity index is 5.64. The summed E-state index contributed by atoms with van der Waals surface area (Å²) in [6, 6.07) is 0. The van der Waals surface area contributed by atoms with Gasteiger partial charge < -0.3 is 4.74 Å². The molecule has 0 N–H and O–H groups in total. The van der Waals surface area contributed by atoms with E-state index >= 15 is 0 Å². The van der Waals surface area contributed by atoms with Gasteiger partial charge in [0.05, 0.1) is 21.7 Å². The van der Waals surface area contributed by atoms with Crippen LogP contribution < -0.4 is 0 Å². The summed E-state index contributed by atoms with van der Waals surface area (Å²) in [5.74, 6) is -2.16. The summed E-state index contributed by atoms with van der Waals surface area (Å²) in [7, 11) is -4.71. The number of hydrogen-bond acceptors (Lipinski definition) is 4. The first kappa shape index (κ1) is 19.8. The third-order valence-corrected chi connectivity index (χ3v) is 7.28. The first-order chi connectivity index (χ1) is 9.12. The van der Waals surface area contributed by atoms with Crippen LogP contribution in [-0.4, -0.2) is 40.2 Å². The highest BCUT2D eigenvalue weighted by Gasteiger charge is 2.48. The predicted octanol–water partition coefficient (Wildman–Crippen LogP) is 2.96. The summed E-state index contributed by atoms with van der Waals surface area (Å²) in [5.41, 5.74) is -1.10. The summed E-state index contributed by atoms with van der Waals surface area (Å²) in [6.07, 6.45) is -5.25. The van der Waals surface area contributed by atoms with Gasteiger partial charge in [-0.25, -0.2) is 9.59 Å². The lowest BCUT2D eigenvalue weighted by atomic mass is 10.4. The lowest BCUT2D eigenvalue weighted by molar-refractivity contribution is -0.201. The second kappa shape index (κ2) is 6.29. The predicted molar refractivity (Wildman–Crippen MR) is 76.8 cm³/mol. The molecule has 0 aromatic heterocycles. The molecule has 0 aliphatic heterocycles. The van der Waals surface area contributed by atoms with E-state index < -0.39 is 39.8 Å². The normalized spacial score (nSPS) is 14.1. The number of halogens is 3. The quantitative estimate of drug-likeness (QED) is 0.342. The van der Waals surface area contributed by atoms with Crippen LogP contribution in [0, 0.1) is 0 Å².